The van der Waals surface area contributed by atoms with Crippen LogP contribution in [0.4, 0.5) is 0 Å². The monoisotopic (exact) mass is 986 g/mol. The lowest BCUT2D eigenvalue weighted by atomic mass is 10.0. The van der Waals surface area contributed by atoms with Crippen molar-refractivity contribution in [3.63, 3.8) is 0 Å². The van der Waals surface area contributed by atoms with Gasteiger partial charge in [-0.3, -0.25) is 9.59 Å². The highest BCUT2D eigenvalue weighted by Crippen LogP contribution is 2.18. The number of ether oxygens (including phenoxy) is 1. The zero-order valence-corrected chi connectivity index (χ0v) is 47.3. The molecule has 0 radical (unpaired) electrons. The minimum atomic E-state index is -0.849. The van der Waals surface area contributed by atoms with Crippen molar-refractivity contribution in [2.45, 2.75) is 360 Å². The van der Waals surface area contributed by atoms with Gasteiger partial charge < -0.3 is 20.3 Å². The van der Waals surface area contributed by atoms with E-state index < -0.39 is 12.1 Å². The molecule has 0 aliphatic heterocycles. The van der Waals surface area contributed by atoms with Crippen molar-refractivity contribution in [1.29, 1.82) is 0 Å². The quantitative estimate of drug-likeness (QED) is 0.0321. The van der Waals surface area contributed by atoms with Gasteiger partial charge in [0, 0.05) is 12.8 Å². The average Bonchev–Trinajstić information content (AvgIpc) is 3.36. The Labute approximate surface area is 437 Å². The van der Waals surface area contributed by atoms with Crippen molar-refractivity contribution in [3.05, 3.63) is 24.3 Å². The van der Waals surface area contributed by atoms with Gasteiger partial charge in [-0.05, 0) is 51.4 Å². The molecular formula is C64H123NO5. The number of aliphatic hydroxyl groups is 2. The van der Waals surface area contributed by atoms with E-state index in [0.29, 0.717) is 19.4 Å². The van der Waals surface area contributed by atoms with E-state index in [-0.39, 0.29) is 18.5 Å². The van der Waals surface area contributed by atoms with E-state index in [1.165, 1.54) is 276 Å². The molecule has 0 heterocycles. The fourth-order valence-corrected chi connectivity index (χ4v) is 9.85. The van der Waals surface area contributed by atoms with Crippen LogP contribution in [0.5, 0.6) is 0 Å². The number of amides is 1. The topological polar surface area (TPSA) is 95.9 Å². The van der Waals surface area contributed by atoms with Crippen molar-refractivity contribution in [1.82, 2.24) is 5.32 Å². The van der Waals surface area contributed by atoms with Crippen LogP contribution in [-0.4, -0.2) is 47.4 Å². The Balaban J connectivity index is 3.45. The molecule has 0 aromatic heterocycles. The number of aliphatic hydroxyl groups excluding tert-OH is 2. The van der Waals surface area contributed by atoms with E-state index >= 15 is 0 Å². The first-order valence-electron chi connectivity index (χ1n) is 31.6. The Morgan fingerprint density at radius 3 is 1.06 bits per heavy atom. The first-order valence-corrected chi connectivity index (χ1v) is 31.6. The van der Waals surface area contributed by atoms with Gasteiger partial charge in [0.15, 0.2) is 0 Å². The fourth-order valence-electron chi connectivity index (χ4n) is 9.85. The van der Waals surface area contributed by atoms with Gasteiger partial charge in [0.1, 0.15) is 0 Å². The van der Waals surface area contributed by atoms with E-state index in [2.05, 4.69) is 31.3 Å². The average molecular weight is 987 g/mol. The summed E-state index contributed by atoms with van der Waals surface area (Å²) >= 11 is 0. The van der Waals surface area contributed by atoms with E-state index in [4.69, 9.17) is 4.74 Å². The first kappa shape index (κ1) is 68.3. The predicted octanol–water partition coefficient (Wildman–Crippen LogP) is 19.8. The van der Waals surface area contributed by atoms with Gasteiger partial charge in [0.25, 0.3) is 0 Å². The van der Waals surface area contributed by atoms with Crippen molar-refractivity contribution in [2.75, 3.05) is 13.2 Å². The maximum Gasteiger partial charge on any atom is 0.305 e. The largest absolute Gasteiger partial charge is 0.466 e. The first-order chi connectivity index (χ1) is 34.5. The van der Waals surface area contributed by atoms with Crippen molar-refractivity contribution in [3.8, 4) is 0 Å². The van der Waals surface area contributed by atoms with Crippen molar-refractivity contribution >= 4 is 11.9 Å². The predicted molar refractivity (Wildman–Crippen MR) is 306 cm³/mol. The third-order valence-electron chi connectivity index (χ3n) is 14.7. The zero-order valence-electron chi connectivity index (χ0n) is 47.3. The highest BCUT2D eigenvalue weighted by atomic mass is 16.5. The number of hydrogen-bond acceptors (Lipinski definition) is 5. The number of unbranched alkanes of at least 4 members (excludes halogenated alkanes) is 46. The van der Waals surface area contributed by atoms with Gasteiger partial charge in [-0.15, -0.1) is 0 Å². The molecule has 2 unspecified atom stereocenters. The lowest BCUT2D eigenvalue weighted by molar-refractivity contribution is -0.143. The summed E-state index contributed by atoms with van der Waals surface area (Å²) in [5.74, 6) is -0.0758. The SMILES string of the molecule is CCCC/C=C\CCCCCCCC(=O)OCCCCCCCCCCCCCCCCCCCC(=O)NC(CO)C(O)/C=C/CCCCCCCCCCCCCCCCCCCCCCCCC. The third kappa shape index (κ3) is 55.7. The van der Waals surface area contributed by atoms with E-state index in [9.17, 15) is 19.8 Å². The van der Waals surface area contributed by atoms with Crippen LogP contribution in [0, 0.1) is 0 Å². The summed E-state index contributed by atoms with van der Waals surface area (Å²) in [6.07, 6.45) is 73.6. The Morgan fingerprint density at radius 2 is 0.686 bits per heavy atom. The van der Waals surface area contributed by atoms with Crippen molar-refractivity contribution < 1.29 is 24.5 Å². The second-order valence-electron chi connectivity index (χ2n) is 21.7. The number of rotatable bonds is 59. The molecule has 0 aliphatic carbocycles. The van der Waals surface area contributed by atoms with Gasteiger partial charge in [-0.1, -0.05) is 308 Å². The van der Waals surface area contributed by atoms with E-state index in [1.54, 1.807) is 6.08 Å². The Morgan fingerprint density at radius 1 is 0.386 bits per heavy atom. The smallest absolute Gasteiger partial charge is 0.305 e. The summed E-state index contributed by atoms with van der Waals surface area (Å²) < 4.78 is 5.45. The number of hydrogen-bond donors (Lipinski definition) is 3. The maximum atomic E-state index is 12.5. The molecule has 0 aliphatic rings. The molecule has 0 saturated carbocycles. The maximum absolute atomic E-state index is 12.5. The van der Waals surface area contributed by atoms with Crippen LogP contribution in [0.3, 0.4) is 0 Å². The van der Waals surface area contributed by atoms with Crippen LogP contribution in [-0.2, 0) is 14.3 Å². The third-order valence-corrected chi connectivity index (χ3v) is 14.7. The van der Waals surface area contributed by atoms with Crippen LogP contribution in [0.1, 0.15) is 348 Å². The van der Waals surface area contributed by atoms with Gasteiger partial charge in [0.2, 0.25) is 5.91 Å². The lowest BCUT2D eigenvalue weighted by Gasteiger charge is -2.20. The molecule has 6 heteroatoms. The number of allylic oxidation sites excluding steroid dienone is 3. The molecule has 1 amide bonds. The van der Waals surface area contributed by atoms with Crippen molar-refractivity contribution in [2.24, 2.45) is 0 Å². The van der Waals surface area contributed by atoms with Crippen LogP contribution in [0.15, 0.2) is 24.3 Å². The zero-order chi connectivity index (χ0) is 50.7. The molecule has 0 aromatic carbocycles. The molecular weight excluding hydrogens is 863 g/mol. The fraction of sp³-hybridized carbons (Fsp3) is 0.906. The number of carbonyl (C=O) groups excluding carboxylic acids is 2. The molecule has 0 spiro atoms. The minimum absolute atomic E-state index is 0.00600. The van der Waals surface area contributed by atoms with E-state index in [0.717, 1.165) is 44.9 Å². The number of carbonyl (C=O) groups is 2. The molecule has 0 bridgehead atoms. The lowest BCUT2D eigenvalue weighted by Crippen LogP contribution is -2.45. The van der Waals surface area contributed by atoms with Gasteiger partial charge >= 0.3 is 5.97 Å². The van der Waals surface area contributed by atoms with Crippen LogP contribution in [0.25, 0.3) is 0 Å². The number of esters is 1. The van der Waals surface area contributed by atoms with Gasteiger partial charge in [-0.25, -0.2) is 0 Å². The Hall–Kier alpha value is -1.66. The van der Waals surface area contributed by atoms with E-state index in [1.807, 2.05) is 6.08 Å². The molecule has 0 rings (SSSR count). The van der Waals surface area contributed by atoms with Crippen LogP contribution < -0.4 is 5.32 Å². The summed E-state index contributed by atoms with van der Waals surface area (Å²) in [5, 5.41) is 23.2. The summed E-state index contributed by atoms with van der Waals surface area (Å²) in [5.41, 5.74) is 0. The summed E-state index contributed by atoms with van der Waals surface area (Å²) in [7, 11) is 0. The molecule has 6 nitrogen and oxygen atoms in total. The standard InChI is InChI=1S/C64H123NO5/c1-3-5-7-9-11-13-15-16-17-18-19-20-21-22-23-24-25-27-30-33-37-40-44-48-52-56-62(67)61(60-66)65-63(68)57-53-49-45-41-38-34-31-28-26-29-32-35-39-43-47-51-55-59-70-64(69)58-54-50-46-42-36-14-12-10-8-6-4-2/h10,12,52,56,61-62,66-67H,3-9,11,13-51,53-55,57-60H2,1-2H3,(H,65,68)/b12-10-,56-52+. The molecule has 70 heavy (non-hydrogen) atoms. The Kier molecular flexibility index (Phi) is 58.5. The second-order valence-corrected chi connectivity index (χ2v) is 21.7. The molecule has 414 valence electrons. The highest BCUT2D eigenvalue weighted by Gasteiger charge is 2.18. The van der Waals surface area contributed by atoms with Gasteiger partial charge in [-0.2, -0.15) is 0 Å². The van der Waals surface area contributed by atoms with Crippen LogP contribution in [0.2, 0.25) is 0 Å². The number of nitrogens with one attached hydrogen (secondary N) is 1. The Bertz CT molecular complexity index is 1090. The van der Waals surface area contributed by atoms with Gasteiger partial charge in [0.05, 0.1) is 25.4 Å². The second kappa shape index (κ2) is 59.9. The molecule has 0 saturated heterocycles. The molecule has 3 N–H and O–H groups in total. The summed E-state index contributed by atoms with van der Waals surface area (Å²) in [6.45, 7) is 4.88. The summed E-state index contributed by atoms with van der Waals surface area (Å²) in [4.78, 5) is 24.5. The minimum Gasteiger partial charge on any atom is -0.466 e. The molecule has 0 fully saturated rings. The molecule has 0 aromatic rings. The highest BCUT2D eigenvalue weighted by molar-refractivity contribution is 5.76. The van der Waals surface area contributed by atoms with Crippen LogP contribution >= 0.6 is 0 Å². The normalized spacial score (nSPS) is 12.7. The molecule has 2 atom stereocenters. The summed E-state index contributed by atoms with van der Waals surface area (Å²) in [6, 6.07) is -0.633.